The molecule has 0 saturated carbocycles. The summed E-state index contributed by atoms with van der Waals surface area (Å²) in [7, 11) is 0. The van der Waals surface area contributed by atoms with Crippen molar-refractivity contribution < 1.29 is 4.79 Å². The Bertz CT molecular complexity index is 233. The van der Waals surface area contributed by atoms with Gasteiger partial charge in [0.1, 0.15) is 0 Å². The lowest BCUT2D eigenvalue weighted by Gasteiger charge is -2.34. The monoisotopic (exact) mass is 317 g/mol. The van der Waals surface area contributed by atoms with Gasteiger partial charge in [-0.05, 0) is 25.7 Å². The van der Waals surface area contributed by atoms with Crippen LogP contribution in [0.1, 0.15) is 71.1 Å². The molecule has 18 heavy (non-hydrogen) atoms. The summed E-state index contributed by atoms with van der Waals surface area (Å²) in [5.41, 5.74) is 0. The van der Waals surface area contributed by atoms with Crippen LogP contribution < -0.4 is 0 Å². The summed E-state index contributed by atoms with van der Waals surface area (Å²) in [6.45, 7) is 3.21. The average molecular weight is 318 g/mol. The van der Waals surface area contributed by atoms with Gasteiger partial charge in [-0.25, -0.2) is 0 Å². The number of unbranched alkanes of at least 4 members (excludes halogenated alkanes) is 5. The minimum Gasteiger partial charge on any atom is -0.339 e. The van der Waals surface area contributed by atoms with Gasteiger partial charge in [0.05, 0.1) is 0 Å². The summed E-state index contributed by atoms with van der Waals surface area (Å²) in [5, 5.41) is 0.940. The first-order valence-electron chi connectivity index (χ1n) is 7.65. The van der Waals surface area contributed by atoms with Crippen molar-refractivity contribution >= 4 is 21.8 Å². The van der Waals surface area contributed by atoms with Gasteiger partial charge in [0.25, 0.3) is 0 Å². The number of carbonyl (C=O) groups is 1. The van der Waals surface area contributed by atoms with Gasteiger partial charge in [-0.15, -0.1) is 0 Å². The predicted octanol–water partition coefficient (Wildman–Crippen LogP) is 4.51. The minimum absolute atomic E-state index is 0.384. The van der Waals surface area contributed by atoms with E-state index in [1.54, 1.807) is 0 Å². The molecule has 0 radical (unpaired) electrons. The maximum absolute atomic E-state index is 12.2. The minimum atomic E-state index is 0.384. The van der Waals surface area contributed by atoms with Crippen LogP contribution in [0.15, 0.2) is 0 Å². The number of nitrogens with zero attached hydrogens (tertiary/aromatic N) is 1. The summed E-state index contributed by atoms with van der Waals surface area (Å²) < 4.78 is 0. The molecule has 0 aliphatic carbocycles. The molecule has 106 valence electrons. The van der Waals surface area contributed by atoms with Crippen molar-refractivity contribution in [2.75, 3.05) is 11.9 Å². The lowest BCUT2D eigenvalue weighted by atomic mass is 10.0. The van der Waals surface area contributed by atoms with E-state index >= 15 is 0 Å². The first-order chi connectivity index (χ1) is 8.79. The zero-order valence-electron chi connectivity index (χ0n) is 11.8. The van der Waals surface area contributed by atoms with Crippen LogP contribution in [0.2, 0.25) is 0 Å². The van der Waals surface area contributed by atoms with Crippen molar-refractivity contribution in [3.8, 4) is 0 Å². The van der Waals surface area contributed by atoms with E-state index in [1.165, 1.54) is 51.4 Å². The van der Waals surface area contributed by atoms with Crippen molar-refractivity contribution in [1.29, 1.82) is 0 Å². The van der Waals surface area contributed by atoms with Crippen LogP contribution in [0.25, 0.3) is 0 Å². The van der Waals surface area contributed by atoms with Gasteiger partial charge in [0, 0.05) is 24.3 Å². The first kappa shape index (κ1) is 16.0. The fraction of sp³-hybridized carbons (Fsp3) is 0.933. The van der Waals surface area contributed by atoms with Crippen LogP contribution >= 0.6 is 15.9 Å². The summed E-state index contributed by atoms with van der Waals surface area (Å²) >= 11 is 3.54. The number of hydrogen-bond donors (Lipinski definition) is 0. The van der Waals surface area contributed by atoms with Gasteiger partial charge in [-0.3, -0.25) is 4.79 Å². The second-order valence-electron chi connectivity index (χ2n) is 5.41. The molecule has 1 rings (SSSR count). The molecular weight excluding hydrogens is 290 g/mol. The summed E-state index contributed by atoms with van der Waals surface area (Å²) in [4.78, 5) is 14.3. The van der Waals surface area contributed by atoms with Crippen LogP contribution in [0.4, 0.5) is 0 Å². The summed E-state index contributed by atoms with van der Waals surface area (Å²) in [6, 6.07) is 0.450. The SMILES string of the molecule is CCCCCCCCC(=O)N1CCCCC1CBr. The Morgan fingerprint density at radius 1 is 1.17 bits per heavy atom. The van der Waals surface area contributed by atoms with Crippen molar-refractivity contribution in [3.05, 3.63) is 0 Å². The maximum atomic E-state index is 12.2. The smallest absolute Gasteiger partial charge is 0.222 e. The molecular formula is C15H28BrNO. The van der Waals surface area contributed by atoms with E-state index in [2.05, 4.69) is 27.8 Å². The molecule has 0 aromatic heterocycles. The third kappa shape index (κ3) is 5.73. The molecule has 1 unspecified atom stereocenters. The average Bonchev–Trinajstić information content (AvgIpc) is 2.42. The molecule has 1 atom stereocenters. The molecule has 0 aromatic rings. The van der Waals surface area contributed by atoms with Gasteiger partial charge >= 0.3 is 0 Å². The molecule has 1 heterocycles. The molecule has 0 aromatic carbocycles. The number of amides is 1. The maximum Gasteiger partial charge on any atom is 0.222 e. The largest absolute Gasteiger partial charge is 0.339 e. The highest BCUT2D eigenvalue weighted by molar-refractivity contribution is 9.09. The fourth-order valence-corrected chi connectivity index (χ4v) is 3.36. The van der Waals surface area contributed by atoms with Crippen LogP contribution in [-0.4, -0.2) is 28.7 Å². The Hall–Kier alpha value is -0.0500. The third-order valence-corrected chi connectivity index (χ3v) is 4.62. The fourth-order valence-electron chi connectivity index (χ4n) is 2.69. The number of alkyl halides is 1. The topological polar surface area (TPSA) is 20.3 Å². The Morgan fingerprint density at radius 2 is 1.89 bits per heavy atom. The highest BCUT2D eigenvalue weighted by Gasteiger charge is 2.24. The third-order valence-electron chi connectivity index (χ3n) is 3.87. The summed E-state index contributed by atoms with van der Waals surface area (Å²) in [5.74, 6) is 0.384. The lowest BCUT2D eigenvalue weighted by molar-refractivity contribution is -0.134. The quantitative estimate of drug-likeness (QED) is 0.476. The zero-order valence-corrected chi connectivity index (χ0v) is 13.4. The molecule has 1 aliphatic heterocycles. The zero-order chi connectivity index (χ0) is 13.2. The van der Waals surface area contributed by atoms with Gasteiger partial charge in [-0.2, -0.15) is 0 Å². The van der Waals surface area contributed by atoms with Crippen molar-refractivity contribution in [2.24, 2.45) is 0 Å². The highest BCUT2D eigenvalue weighted by Crippen LogP contribution is 2.20. The molecule has 0 spiro atoms. The van der Waals surface area contributed by atoms with E-state index in [0.29, 0.717) is 11.9 Å². The Labute approximate surface area is 121 Å². The van der Waals surface area contributed by atoms with Gasteiger partial charge in [0.2, 0.25) is 5.91 Å². The van der Waals surface area contributed by atoms with E-state index in [0.717, 1.165) is 24.7 Å². The first-order valence-corrected chi connectivity index (χ1v) is 8.77. The molecule has 0 N–H and O–H groups in total. The molecule has 0 bridgehead atoms. The lowest BCUT2D eigenvalue weighted by Crippen LogP contribution is -2.44. The number of hydrogen-bond acceptors (Lipinski definition) is 1. The number of piperidine rings is 1. The standard InChI is InChI=1S/C15H28BrNO/c1-2-3-4-5-6-7-11-15(18)17-12-9-8-10-14(17)13-16/h14H,2-13H2,1H3. The molecule has 1 aliphatic rings. The van der Waals surface area contributed by atoms with E-state index in [4.69, 9.17) is 0 Å². The number of carbonyl (C=O) groups excluding carboxylic acids is 1. The van der Waals surface area contributed by atoms with E-state index < -0.39 is 0 Å². The molecule has 1 saturated heterocycles. The molecule has 1 amide bonds. The van der Waals surface area contributed by atoms with Gasteiger partial charge < -0.3 is 4.90 Å². The Kier molecular flexibility index (Phi) is 8.74. The number of halogens is 1. The Balaban J connectivity index is 2.14. The van der Waals surface area contributed by atoms with E-state index in [1.807, 2.05) is 0 Å². The predicted molar refractivity (Wildman–Crippen MR) is 81.1 cm³/mol. The van der Waals surface area contributed by atoms with Crippen molar-refractivity contribution in [1.82, 2.24) is 4.90 Å². The Morgan fingerprint density at radius 3 is 2.61 bits per heavy atom. The molecule has 3 heteroatoms. The van der Waals surface area contributed by atoms with Crippen LogP contribution in [-0.2, 0) is 4.79 Å². The number of rotatable bonds is 8. The highest BCUT2D eigenvalue weighted by atomic mass is 79.9. The number of likely N-dealkylation sites (tertiary alicyclic amines) is 1. The second-order valence-corrected chi connectivity index (χ2v) is 6.06. The van der Waals surface area contributed by atoms with Crippen LogP contribution in [0, 0.1) is 0 Å². The molecule has 1 fully saturated rings. The van der Waals surface area contributed by atoms with Crippen molar-refractivity contribution in [2.45, 2.75) is 77.2 Å². The van der Waals surface area contributed by atoms with Crippen molar-refractivity contribution in [3.63, 3.8) is 0 Å². The van der Waals surface area contributed by atoms with Crippen LogP contribution in [0.3, 0.4) is 0 Å². The van der Waals surface area contributed by atoms with Crippen LogP contribution in [0.5, 0.6) is 0 Å². The normalized spacial score (nSPS) is 20.1. The van der Waals surface area contributed by atoms with Gasteiger partial charge in [0.15, 0.2) is 0 Å². The molecule has 2 nitrogen and oxygen atoms in total. The van der Waals surface area contributed by atoms with Gasteiger partial charge in [-0.1, -0.05) is 55.0 Å². The summed E-state index contributed by atoms with van der Waals surface area (Å²) in [6.07, 6.45) is 11.9. The van der Waals surface area contributed by atoms with E-state index in [9.17, 15) is 4.79 Å². The second kappa shape index (κ2) is 9.82. The van der Waals surface area contributed by atoms with E-state index in [-0.39, 0.29) is 0 Å².